The van der Waals surface area contributed by atoms with Crippen molar-refractivity contribution in [1.82, 2.24) is 14.7 Å². The second-order valence-electron chi connectivity index (χ2n) is 6.14. The largest absolute Gasteiger partial charge is 0.383 e. The van der Waals surface area contributed by atoms with Gasteiger partial charge in [-0.25, -0.2) is 4.68 Å². The molecule has 0 atom stereocenters. The molecule has 5 heteroatoms. The number of aryl methyl sites for hydroxylation is 1. The zero-order valence-electron chi connectivity index (χ0n) is 15.1. The van der Waals surface area contributed by atoms with Gasteiger partial charge in [-0.2, -0.15) is 5.10 Å². The molecule has 3 aromatic rings. The first-order valence-corrected chi connectivity index (χ1v) is 8.62. The first-order valence-electron chi connectivity index (χ1n) is 8.62. The van der Waals surface area contributed by atoms with Gasteiger partial charge in [0.1, 0.15) is 0 Å². The Kier molecular flexibility index (Phi) is 5.81. The number of nitrogens with zero attached hydrogens (tertiary/aromatic N) is 3. The van der Waals surface area contributed by atoms with Crippen LogP contribution in [0.3, 0.4) is 0 Å². The molecule has 2 aromatic carbocycles. The average molecular weight is 349 g/mol. The number of carbonyl (C=O) groups is 1. The number of aromatic nitrogens is 2. The van der Waals surface area contributed by atoms with E-state index in [1.54, 1.807) is 13.3 Å². The number of hydrogen-bond acceptors (Lipinski definition) is 3. The minimum atomic E-state index is -0.00496. The van der Waals surface area contributed by atoms with Crippen molar-refractivity contribution in [3.63, 3.8) is 0 Å². The molecule has 0 aliphatic rings. The highest BCUT2D eigenvalue weighted by atomic mass is 16.5. The molecule has 0 N–H and O–H groups in total. The van der Waals surface area contributed by atoms with Crippen molar-refractivity contribution in [2.45, 2.75) is 13.5 Å². The SMILES string of the molecule is COCCN(Cc1ccccc1)C(=O)c1ccc(-n2nccc2C)cc1. The van der Waals surface area contributed by atoms with E-state index < -0.39 is 0 Å². The van der Waals surface area contributed by atoms with Crippen molar-refractivity contribution in [2.24, 2.45) is 0 Å². The van der Waals surface area contributed by atoms with E-state index in [9.17, 15) is 4.79 Å². The maximum atomic E-state index is 13.0. The van der Waals surface area contributed by atoms with E-state index in [0.717, 1.165) is 16.9 Å². The summed E-state index contributed by atoms with van der Waals surface area (Å²) in [5.41, 5.74) is 3.75. The quantitative estimate of drug-likeness (QED) is 0.656. The normalized spacial score (nSPS) is 10.7. The van der Waals surface area contributed by atoms with Gasteiger partial charge in [-0.1, -0.05) is 30.3 Å². The first kappa shape index (κ1) is 17.9. The topological polar surface area (TPSA) is 47.4 Å². The fourth-order valence-electron chi connectivity index (χ4n) is 2.83. The number of ether oxygens (including phenoxy) is 1. The molecule has 0 spiro atoms. The van der Waals surface area contributed by atoms with Gasteiger partial charge in [-0.3, -0.25) is 4.79 Å². The average Bonchev–Trinajstić information content (AvgIpc) is 3.11. The second kappa shape index (κ2) is 8.45. The number of hydrogen-bond donors (Lipinski definition) is 0. The molecule has 1 heterocycles. The Labute approximate surface area is 153 Å². The summed E-state index contributed by atoms with van der Waals surface area (Å²) in [6.45, 7) is 3.61. The van der Waals surface area contributed by atoms with Gasteiger partial charge in [0.15, 0.2) is 0 Å². The Morgan fingerprint density at radius 2 is 1.81 bits per heavy atom. The summed E-state index contributed by atoms with van der Waals surface area (Å²) in [5.74, 6) is -0.00496. The van der Waals surface area contributed by atoms with Crippen LogP contribution in [0.25, 0.3) is 5.69 Å². The number of rotatable bonds is 7. The standard InChI is InChI=1S/C21H23N3O2/c1-17-12-13-22-24(17)20-10-8-19(9-11-20)21(25)23(14-15-26-2)16-18-6-4-3-5-7-18/h3-13H,14-16H2,1-2H3. The van der Waals surface area contributed by atoms with Gasteiger partial charge < -0.3 is 9.64 Å². The van der Waals surface area contributed by atoms with E-state index in [2.05, 4.69) is 5.10 Å². The predicted octanol–water partition coefficient (Wildman–Crippen LogP) is 3.47. The summed E-state index contributed by atoms with van der Waals surface area (Å²) < 4.78 is 7.02. The summed E-state index contributed by atoms with van der Waals surface area (Å²) in [5, 5.41) is 4.30. The Bertz CT molecular complexity index is 841. The molecule has 0 saturated heterocycles. The van der Waals surface area contributed by atoms with Crippen molar-refractivity contribution >= 4 is 5.91 Å². The van der Waals surface area contributed by atoms with Crippen molar-refractivity contribution in [3.8, 4) is 5.69 Å². The van der Waals surface area contributed by atoms with Crippen molar-refractivity contribution in [2.75, 3.05) is 20.3 Å². The Morgan fingerprint density at radius 1 is 1.08 bits per heavy atom. The summed E-state index contributed by atoms with van der Waals surface area (Å²) in [7, 11) is 1.65. The van der Waals surface area contributed by atoms with Crippen LogP contribution >= 0.6 is 0 Å². The third kappa shape index (κ3) is 4.18. The third-order valence-electron chi connectivity index (χ3n) is 4.26. The summed E-state index contributed by atoms with van der Waals surface area (Å²) >= 11 is 0. The number of carbonyl (C=O) groups excluding carboxylic acids is 1. The molecule has 0 radical (unpaired) electrons. The van der Waals surface area contributed by atoms with Gasteiger partial charge in [0.05, 0.1) is 12.3 Å². The molecule has 0 aliphatic heterocycles. The summed E-state index contributed by atoms with van der Waals surface area (Å²) in [6, 6.07) is 19.5. The first-order chi connectivity index (χ1) is 12.7. The minimum absolute atomic E-state index is 0.00496. The molecule has 3 rings (SSSR count). The summed E-state index contributed by atoms with van der Waals surface area (Å²) in [4.78, 5) is 14.8. The van der Waals surface area contributed by atoms with Crippen LogP contribution in [-0.4, -0.2) is 40.8 Å². The van der Waals surface area contributed by atoms with E-state index in [1.807, 2.05) is 77.2 Å². The van der Waals surface area contributed by atoms with E-state index >= 15 is 0 Å². The minimum Gasteiger partial charge on any atom is -0.383 e. The van der Waals surface area contributed by atoms with Crippen LogP contribution in [0.5, 0.6) is 0 Å². The lowest BCUT2D eigenvalue weighted by molar-refractivity contribution is 0.0680. The lowest BCUT2D eigenvalue weighted by atomic mass is 10.1. The van der Waals surface area contributed by atoms with Crippen LogP contribution in [0, 0.1) is 6.92 Å². The highest BCUT2D eigenvalue weighted by molar-refractivity contribution is 5.94. The highest BCUT2D eigenvalue weighted by Crippen LogP contribution is 2.14. The van der Waals surface area contributed by atoms with Crippen LogP contribution < -0.4 is 0 Å². The molecule has 134 valence electrons. The van der Waals surface area contributed by atoms with E-state index in [-0.39, 0.29) is 5.91 Å². The number of benzene rings is 2. The van der Waals surface area contributed by atoms with Gasteiger partial charge in [0.25, 0.3) is 5.91 Å². The van der Waals surface area contributed by atoms with Crippen LogP contribution in [-0.2, 0) is 11.3 Å². The second-order valence-corrected chi connectivity index (χ2v) is 6.14. The molecule has 1 amide bonds. The fourth-order valence-corrected chi connectivity index (χ4v) is 2.83. The zero-order chi connectivity index (χ0) is 18.4. The van der Waals surface area contributed by atoms with Crippen molar-refractivity contribution in [1.29, 1.82) is 0 Å². The zero-order valence-corrected chi connectivity index (χ0v) is 15.1. The van der Waals surface area contributed by atoms with Gasteiger partial charge in [0.2, 0.25) is 0 Å². The highest BCUT2D eigenvalue weighted by Gasteiger charge is 2.16. The molecule has 0 aliphatic carbocycles. The molecule has 0 fully saturated rings. The van der Waals surface area contributed by atoms with Gasteiger partial charge in [0, 0.05) is 37.7 Å². The van der Waals surface area contributed by atoms with Crippen molar-refractivity contribution in [3.05, 3.63) is 83.7 Å². The van der Waals surface area contributed by atoms with Crippen LogP contribution in [0.4, 0.5) is 0 Å². The molecule has 1 aromatic heterocycles. The van der Waals surface area contributed by atoms with Crippen LogP contribution in [0.15, 0.2) is 66.9 Å². The van der Waals surface area contributed by atoms with E-state index in [4.69, 9.17) is 4.74 Å². The maximum absolute atomic E-state index is 13.0. The fraction of sp³-hybridized carbons (Fsp3) is 0.238. The molecule has 0 saturated carbocycles. The van der Waals surface area contributed by atoms with Gasteiger partial charge in [-0.05, 0) is 42.8 Å². The van der Waals surface area contributed by atoms with Crippen molar-refractivity contribution < 1.29 is 9.53 Å². The summed E-state index contributed by atoms with van der Waals surface area (Å²) in [6.07, 6.45) is 1.76. The monoisotopic (exact) mass is 349 g/mol. The molecule has 0 bridgehead atoms. The van der Waals surface area contributed by atoms with E-state index in [1.165, 1.54) is 0 Å². The Morgan fingerprint density at radius 3 is 2.42 bits per heavy atom. The number of methoxy groups -OCH3 is 1. The lowest BCUT2D eigenvalue weighted by Crippen LogP contribution is -2.33. The molecular formula is C21H23N3O2. The third-order valence-corrected chi connectivity index (χ3v) is 4.26. The lowest BCUT2D eigenvalue weighted by Gasteiger charge is -2.23. The smallest absolute Gasteiger partial charge is 0.254 e. The maximum Gasteiger partial charge on any atom is 0.254 e. The molecule has 5 nitrogen and oxygen atoms in total. The molecule has 0 unspecified atom stereocenters. The van der Waals surface area contributed by atoms with Crippen LogP contribution in [0.2, 0.25) is 0 Å². The Balaban J connectivity index is 1.78. The predicted molar refractivity (Wildman–Crippen MR) is 101 cm³/mol. The van der Waals surface area contributed by atoms with Gasteiger partial charge in [-0.15, -0.1) is 0 Å². The van der Waals surface area contributed by atoms with Gasteiger partial charge >= 0.3 is 0 Å². The molecular weight excluding hydrogens is 326 g/mol. The van der Waals surface area contributed by atoms with E-state index in [0.29, 0.717) is 25.3 Å². The Hall–Kier alpha value is -2.92. The van der Waals surface area contributed by atoms with Crippen LogP contribution in [0.1, 0.15) is 21.6 Å². The molecule has 26 heavy (non-hydrogen) atoms. The number of amides is 1.